The minimum absolute atomic E-state index is 0.0625. The van der Waals surface area contributed by atoms with Crippen molar-refractivity contribution in [2.24, 2.45) is 0 Å². The molecule has 0 fully saturated rings. The zero-order valence-corrected chi connectivity index (χ0v) is 8.44. The van der Waals surface area contributed by atoms with E-state index >= 15 is 0 Å². The lowest BCUT2D eigenvalue weighted by atomic mass is 10.1. The first-order chi connectivity index (χ1) is 7.98. The fourth-order valence-corrected chi connectivity index (χ4v) is 1.41. The molecule has 0 atom stereocenters. The van der Waals surface area contributed by atoms with E-state index in [2.05, 4.69) is 9.97 Å². The molecule has 2 rings (SSSR count). The second-order valence-corrected chi connectivity index (χ2v) is 3.30. The molecule has 2 aromatic heterocycles. The number of alkyl halides is 3. The van der Waals surface area contributed by atoms with Crippen molar-refractivity contribution in [1.29, 1.82) is 0 Å². The number of aromatic nitrogens is 2. The van der Waals surface area contributed by atoms with Crippen LogP contribution in [0.5, 0.6) is 5.88 Å². The maximum atomic E-state index is 12.7. The van der Waals surface area contributed by atoms with Crippen molar-refractivity contribution in [3.63, 3.8) is 0 Å². The summed E-state index contributed by atoms with van der Waals surface area (Å²) in [5, 5.41) is 8.98. The van der Waals surface area contributed by atoms with Gasteiger partial charge in [-0.2, -0.15) is 13.2 Å². The van der Waals surface area contributed by atoms with Gasteiger partial charge in [-0.05, 0) is 12.1 Å². The standard InChI is InChI=1S/C11H7F3N2O/c12-11(13,14)10-8(2-1-5-15-10)7-3-4-9(17)16-6-7/h1-6H,(H,16,17). The first kappa shape index (κ1) is 11.4. The largest absolute Gasteiger partial charge is 0.493 e. The lowest BCUT2D eigenvalue weighted by Gasteiger charge is -2.10. The quantitative estimate of drug-likeness (QED) is 0.833. The van der Waals surface area contributed by atoms with Crippen molar-refractivity contribution < 1.29 is 18.3 Å². The van der Waals surface area contributed by atoms with Crippen LogP contribution >= 0.6 is 0 Å². The van der Waals surface area contributed by atoms with Crippen LogP contribution < -0.4 is 0 Å². The van der Waals surface area contributed by atoms with Crippen molar-refractivity contribution in [1.82, 2.24) is 9.97 Å². The molecule has 0 bridgehead atoms. The van der Waals surface area contributed by atoms with Gasteiger partial charge in [0.15, 0.2) is 5.69 Å². The Labute approximate surface area is 94.6 Å². The van der Waals surface area contributed by atoms with Crippen LogP contribution in [0.4, 0.5) is 13.2 Å². The van der Waals surface area contributed by atoms with Crippen LogP contribution in [0.3, 0.4) is 0 Å². The van der Waals surface area contributed by atoms with Gasteiger partial charge >= 0.3 is 6.18 Å². The Bertz CT molecular complexity index is 523. The third kappa shape index (κ3) is 2.35. The van der Waals surface area contributed by atoms with Gasteiger partial charge in [0.05, 0.1) is 0 Å². The van der Waals surface area contributed by atoms with Gasteiger partial charge in [0, 0.05) is 29.6 Å². The fraction of sp³-hybridized carbons (Fsp3) is 0.0909. The number of halogens is 3. The molecule has 0 unspecified atom stereocenters. The monoisotopic (exact) mass is 240 g/mol. The van der Waals surface area contributed by atoms with Gasteiger partial charge in [-0.25, -0.2) is 4.98 Å². The summed E-state index contributed by atoms with van der Waals surface area (Å²) in [6, 6.07) is 5.30. The Balaban J connectivity index is 2.56. The maximum Gasteiger partial charge on any atom is 0.433 e. The zero-order chi connectivity index (χ0) is 12.5. The van der Waals surface area contributed by atoms with Crippen LogP contribution in [-0.2, 0) is 6.18 Å². The lowest BCUT2D eigenvalue weighted by Crippen LogP contribution is -2.09. The van der Waals surface area contributed by atoms with Gasteiger partial charge in [0.1, 0.15) is 0 Å². The molecule has 0 saturated carbocycles. The molecule has 0 aliphatic carbocycles. The minimum Gasteiger partial charge on any atom is -0.493 e. The second kappa shape index (κ2) is 4.04. The van der Waals surface area contributed by atoms with E-state index in [1.54, 1.807) is 0 Å². The van der Waals surface area contributed by atoms with E-state index in [-0.39, 0.29) is 17.0 Å². The predicted molar refractivity (Wildman–Crippen MR) is 54.1 cm³/mol. The third-order valence-electron chi connectivity index (χ3n) is 2.14. The highest BCUT2D eigenvalue weighted by Gasteiger charge is 2.35. The predicted octanol–water partition coefficient (Wildman–Crippen LogP) is 2.87. The normalized spacial score (nSPS) is 11.5. The molecule has 0 amide bonds. The summed E-state index contributed by atoms with van der Waals surface area (Å²) in [7, 11) is 0. The van der Waals surface area contributed by atoms with E-state index in [9.17, 15) is 13.2 Å². The smallest absolute Gasteiger partial charge is 0.433 e. The van der Waals surface area contributed by atoms with Crippen molar-refractivity contribution in [2.45, 2.75) is 6.18 Å². The average molecular weight is 240 g/mol. The molecule has 2 aromatic rings. The van der Waals surface area contributed by atoms with Crippen LogP contribution in [0.2, 0.25) is 0 Å². The van der Waals surface area contributed by atoms with Crippen LogP contribution in [0.1, 0.15) is 5.69 Å². The van der Waals surface area contributed by atoms with Crippen LogP contribution in [0.25, 0.3) is 11.1 Å². The van der Waals surface area contributed by atoms with Crippen LogP contribution in [0, 0.1) is 0 Å². The first-order valence-corrected chi connectivity index (χ1v) is 4.66. The topological polar surface area (TPSA) is 46.0 Å². The summed E-state index contributed by atoms with van der Waals surface area (Å²) in [5.41, 5.74) is -0.775. The molecule has 2 heterocycles. The molecule has 0 saturated heterocycles. The number of hydrogen-bond donors (Lipinski definition) is 1. The van der Waals surface area contributed by atoms with E-state index in [0.717, 1.165) is 6.20 Å². The van der Waals surface area contributed by atoms with Crippen LogP contribution in [0.15, 0.2) is 36.7 Å². The van der Waals surface area contributed by atoms with Crippen molar-refractivity contribution in [3.8, 4) is 17.0 Å². The van der Waals surface area contributed by atoms with Gasteiger partial charge in [0.25, 0.3) is 0 Å². The van der Waals surface area contributed by atoms with E-state index in [4.69, 9.17) is 5.11 Å². The molecule has 0 aliphatic rings. The molecule has 17 heavy (non-hydrogen) atoms. The summed E-state index contributed by atoms with van der Waals surface area (Å²) in [6.45, 7) is 0. The summed E-state index contributed by atoms with van der Waals surface area (Å²) in [6.07, 6.45) is -2.27. The molecular formula is C11H7F3N2O. The highest BCUT2D eigenvalue weighted by atomic mass is 19.4. The Hall–Kier alpha value is -2.11. The second-order valence-electron chi connectivity index (χ2n) is 3.30. The van der Waals surface area contributed by atoms with E-state index in [0.29, 0.717) is 0 Å². The Morgan fingerprint density at radius 1 is 1.06 bits per heavy atom. The summed E-state index contributed by atoms with van der Waals surface area (Å²) < 4.78 is 38.0. The number of hydrogen-bond acceptors (Lipinski definition) is 3. The van der Waals surface area contributed by atoms with Crippen LogP contribution in [-0.4, -0.2) is 15.1 Å². The molecule has 0 spiro atoms. The van der Waals surface area contributed by atoms with Gasteiger partial charge < -0.3 is 5.11 Å². The van der Waals surface area contributed by atoms with E-state index in [1.165, 1.54) is 30.5 Å². The lowest BCUT2D eigenvalue weighted by molar-refractivity contribution is -0.140. The third-order valence-corrected chi connectivity index (χ3v) is 2.14. The minimum atomic E-state index is -4.52. The van der Waals surface area contributed by atoms with Gasteiger partial charge in [-0.3, -0.25) is 4.98 Å². The highest BCUT2D eigenvalue weighted by Crippen LogP contribution is 2.35. The number of rotatable bonds is 1. The molecule has 3 nitrogen and oxygen atoms in total. The maximum absolute atomic E-state index is 12.7. The van der Waals surface area contributed by atoms with Gasteiger partial charge in [-0.15, -0.1) is 0 Å². The molecule has 0 aromatic carbocycles. The average Bonchev–Trinajstić information content (AvgIpc) is 2.29. The number of pyridine rings is 2. The number of aromatic hydroxyl groups is 1. The van der Waals surface area contributed by atoms with E-state index in [1.807, 2.05) is 0 Å². The van der Waals surface area contributed by atoms with Gasteiger partial charge in [-0.1, -0.05) is 6.07 Å². The molecule has 1 N–H and O–H groups in total. The zero-order valence-electron chi connectivity index (χ0n) is 8.44. The highest BCUT2D eigenvalue weighted by molar-refractivity contribution is 5.65. The summed E-state index contributed by atoms with van der Waals surface area (Å²) in [4.78, 5) is 6.87. The summed E-state index contributed by atoms with van der Waals surface area (Å²) in [5.74, 6) is -0.244. The SMILES string of the molecule is Oc1ccc(-c2cccnc2C(F)(F)F)cn1. The van der Waals surface area contributed by atoms with Crippen molar-refractivity contribution in [3.05, 3.63) is 42.4 Å². The Morgan fingerprint density at radius 3 is 2.41 bits per heavy atom. The molecule has 0 radical (unpaired) electrons. The first-order valence-electron chi connectivity index (χ1n) is 4.66. The Kier molecular flexibility index (Phi) is 2.71. The fourth-order valence-electron chi connectivity index (χ4n) is 1.41. The molecule has 6 heteroatoms. The molecular weight excluding hydrogens is 233 g/mol. The summed E-state index contributed by atoms with van der Waals surface area (Å²) >= 11 is 0. The van der Waals surface area contributed by atoms with E-state index < -0.39 is 11.9 Å². The Morgan fingerprint density at radius 2 is 1.82 bits per heavy atom. The molecule has 0 aliphatic heterocycles. The van der Waals surface area contributed by atoms with Crippen molar-refractivity contribution >= 4 is 0 Å². The van der Waals surface area contributed by atoms with Crippen molar-refractivity contribution in [2.75, 3.05) is 0 Å². The number of nitrogens with zero attached hydrogens (tertiary/aromatic N) is 2. The van der Waals surface area contributed by atoms with Gasteiger partial charge in [0.2, 0.25) is 5.88 Å². The molecule has 88 valence electrons.